The van der Waals surface area contributed by atoms with E-state index in [1.54, 1.807) is 61.3 Å². The van der Waals surface area contributed by atoms with E-state index in [-0.39, 0.29) is 11.5 Å². The van der Waals surface area contributed by atoms with Gasteiger partial charge in [0.05, 0.1) is 30.5 Å². The number of aromatic nitrogens is 2. The Balaban J connectivity index is 1.64. The Kier molecular flexibility index (Phi) is 7.33. The molecular formula is C25H29N3O4S2. The summed E-state index contributed by atoms with van der Waals surface area (Å²) in [6, 6.07) is 5.22. The SMILES string of the molecule is C=CCn1c(SC(C)C(=O)Nc2cc(OC)ccc2OC)nc2sc3c(c2c1=O)CCC(C)C3. The predicted molar refractivity (Wildman–Crippen MR) is 139 cm³/mol. The summed E-state index contributed by atoms with van der Waals surface area (Å²) in [6.45, 7) is 8.19. The molecule has 0 spiro atoms. The molecule has 0 aliphatic heterocycles. The molecule has 0 radical (unpaired) electrons. The lowest BCUT2D eigenvalue weighted by atomic mass is 9.89. The number of carbonyl (C=O) groups is 1. The molecule has 1 aliphatic carbocycles. The lowest BCUT2D eigenvalue weighted by Gasteiger charge is -2.18. The number of allylic oxidation sites excluding steroid dienone is 1. The molecule has 34 heavy (non-hydrogen) atoms. The number of benzene rings is 1. The minimum Gasteiger partial charge on any atom is -0.497 e. The van der Waals surface area contributed by atoms with Crippen molar-refractivity contribution in [3.05, 3.63) is 51.6 Å². The van der Waals surface area contributed by atoms with E-state index in [1.165, 1.54) is 16.6 Å². The van der Waals surface area contributed by atoms with E-state index in [2.05, 4.69) is 18.8 Å². The van der Waals surface area contributed by atoms with Gasteiger partial charge in [0.15, 0.2) is 5.16 Å². The summed E-state index contributed by atoms with van der Waals surface area (Å²) in [4.78, 5) is 33.4. The topological polar surface area (TPSA) is 82.5 Å². The van der Waals surface area contributed by atoms with Crippen LogP contribution in [0.3, 0.4) is 0 Å². The number of hydrogen-bond donors (Lipinski definition) is 1. The number of fused-ring (bicyclic) bond motifs is 3. The highest BCUT2D eigenvalue weighted by Gasteiger charge is 2.26. The molecule has 1 N–H and O–H groups in total. The second kappa shape index (κ2) is 10.2. The van der Waals surface area contributed by atoms with E-state index in [0.29, 0.717) is 34.8 Å². The zero-order valence-electron chi connectivity index (χ0n) is 19.8. The van der Waals surface area contributed by atoms with Crippen molar-refractivity contribution in [3.8, 4) is 11.5 Å². The fraction of sp³-hybridized carbons (Fsp3) is 0.400. The van der Waals surface area contributed by atoms with Crippen molar-refractivity contribution in [2.45, 2.75) is 50.1 Å². The first kappa shape index (κ1) is 24.3. The Labute approximate surface area is 207 Å². The monoisotopic (exact) mass is 499 g/mol. The molecule has 0 fully saturated rings. The second-order valence-electron chi connectivity index (χ2n) is 8.45. The number of methoxy groups -OCH3 is 2. The van der Waals surface area contributed by atoms with Gasteiger partial charge in [-0.2, -0.15) is 0 Å². The molecule has 0 saturated heterocycles. The molecule has 2 atom stereocenters. The Morgan fingerprint density at radius 2 is 2.21 bits per heavy atom. The standard InChI is InChI=1S/C25H29N3O4S2/c1-6-11-28-24(30)21-17-9-7-14(2)12-20(17)34-23(21)27-25(28)33-15(3)22(29)26-18-13-16(31-4)8-10-19(18)32-5/h6,8,10,13-15H,1,7,9,11-12H2,2-5H3,(H,26,29). The van der Waals surface area contributed by atoms with Crippen LogP contribution in [0.15, 0.2) is 40.8 Å². The van der Waals surface area contributed by atoms with Crippen LogP contribution in [0.1, 0.15) is 30.7 Å². The van der Waals surface area contributed by atoms with Gasteiger partial charge in [-0.25, -0.2) is 4.98 Å². The van der Waals surface area contributed by atoms with Crippen LogP contribution in [-0.4, -0.2) is 34.9 Å². The number of anilines is 1. The Morgan fingerprint density at radius 1 is 1.41 bits per heavy atom. The van der Waals surface area contributed by atoms with Gasteiger partial charge in [0.2, 0.25) is 5.91 Å². The Hall–Kier alpha value is -2.78. The van der Waals surface area contributed by atoms with Crippen molar-refractivity contribution in [3.63, 3.8) is 0 Å². The minimum absolute atomic E-state index is 0.0541. The maximum atomic E-state index is 13.5. The first-order valence-corrected chi connectivity index (χ1v) is 12.9. The van der Waals surface area contributed by atoms with Crippen LogP contribution in [0.25, 0.3) is 10.2 Å². The summed E-state index contributed by atoms with van der Waals surface area (Å²) < 4.78 is 12.2. The van der Waals surface area contributed by atoms with Gasteiger partial charge < -0.3 is 14.8 Å². The van der Waals surface area contributed by atoms with E-state index >= 15 is 0 Å². The average Bonchev–Trinajstić information content (AvgIpc) is 3.18. The molecule has 1 aliphatic rings. The van der Waals surface area contributed by atoms with E-state index in [0.717, 1.165) is 35.0 Å². The second-order valence-corrected chi connectivity index (χ2v) is 10.8. The molecule has 3 aromatic rings. The third-order valence-corrected chi connectivity index (χ3v) is 8.25. The van der Waals surface area contributed by atoms with E-state index < -0.39 is 5.25 Å². The third kappa shape index (κ3) is 4.72. The molecule has 180 valence electrons. The third-order valence-electron chi connectivity index (χ3n) is 6.01. The zero-order valence-corrected chi connectivity index (χ0v) is 21.5. The van der Waals surface area contributed by atoms with Crippen molar-refractivity contribution >= 4 is 44.9 Å². The van der Waals surface area contributed by atoms with Crippen LogP contribution in [0.5, 0.6) is 11.5 Å². The first-order valence-electron chi connectivity index (χ1n) is 11.2. The van der Waals surface area contributed by atoms with Gasteiger partial charge in [-0.05, 0) is 49.8 Å². The summed E-state index contributed by atoms with van der Waals surface area (Å²) in [7, 11) is 3.11. The number of aryl methyl sites for hydroxylation is 1. The van der Waals surface area contributed by atoms with E-state index in [1.807, 2.05) is 0 Å². The predicted octanol–water partition coefficient (Wildman–Crippen LogP) is 4.91. The van der Waals surface area contributed by atoms with Crippen molar-refractivity contribution in [1.29, 1.82) is 0 Å². The van der Waals surface area contributed by atoms with Gasteiger partial charge in [0, 0.05) is 17.5 Å². The highest BCUT2D eigenvalue weighted by Crippen LogP contribution is 2.37. The molecule has 2 unspecified atom stereocenters. The minimum atomic E-state index is -0.508. The summed E-state index contributed by atoms with van der Waals surface area (Å²) in [5.74, 6) is 1.53. The average molecular weight is 500 g/mol. The van der Waals surface area contributed by atoms with Crippen LogP contribution in [0.4, 0.5) is 5.69 Å². The fourth-order valence-electron chi connectivity index (χ4n) is 4.14. The smallest absolute Gasteiger partial charge is 0.263 e. The van der Waals surface area contributed by atoms with E-state index in [4.69, 9.17) is 14.5 Å². The highest BCUT2D eigenvalue weighted by atomic mass is 32.2. The largest absolute Gasteiger partial charge is 0.497 e. The maximum Gasteiger partial charge on any atom is 0.263 e. The Morgan fingerprint density at radius 3 is 2.91 bits per heavy atom. The van der Waals surface area contributed by atoms with Gasteiger partial charge in [0.1, 0.15) is 16.3 Å². The number of ether oxygens (including phenoxy) is 2. The maximum absolute atomic E-state index is 13.5. The van der Waals surface area contributed by atoms with Gasteiger partial charge in [0.25, 0.3) is 5.56 Å². The number of nitrogens with one attached hydrogen (secondary N) is 1. The van der Waals surface area contributed by atoms with Crippen molar-refractivity contribution in [1.82, 2.24) is 9.55 Å². The zero-order chi connectivity index (χ0) is 24.4. The van der Waals surface area contributed by atoms with Crippen LogP contribution in [-0.2, 0) is 24.2 Å². The Bertz CT molecular complexity index is 1300. The van der Waals surface area contributed by atoms with Crippen molar-refractivity contribution in [2.75, 3.05) is 19.5 Å². The van der Waals surface area contributed by atoms with E-state index in [9.17, 15) is 9.59 Å². The summed E-state index contributed by atoms with van der Waals surface area (Å²) in [5, 5.41) is 3.65. The molecule has 1 amide bonds. The molecule has 2 heterocycles. The lowest BCUT2D eigenvalue weighted by molar-refractivity contribution is -0.115. The number of hydrogen-bond acceptors (Lipinski definition) is 7. The summed E-state index contributed by atoms with van der Waals surface area (Å²) in [6.07, 6.45) is 4.67. The quantitative estimate of drug-likeness (QED) is 0.270. The normalized spacial score (nSPS) is 16.1. The van der Waals surface area contributed by atoms with Gasteiger partial charge in [-0.1, -0.05) is 24.8 Å². The molecule has 7 nitrogen and oxygen atoms in total. The van der Waals surface area contributed by atoms with Crippen LogP contribution >= 0.6 is 23.1 Å². The number of amides is 1. The molecule has 0 bridgehead atoms. The highest BCUT2D eigenvalue weighted by molar-refractivity contribution is 8.00. The van der Waals surface area contributed by atoms with Gasteiger partial charge in [-0.3, -0.25) is 14.2 Å². The van der Waals surface area contributed by atoms with Crippen LogP contribution < -0.4 is 20.3 Å². The first-order chi connectivity index (χ1) is 16.4. The molecular weight excluding hydrogens is 470 g/mol. The van der Waals surface area contributed by atoms with Gasteiger partial charge in [-0.15, -0.1) is 17.9 Å². The molecule has 1 aromatic carbocycles. The summed E-state index contributed by atoms with van der Waals surface area (Å²) in [5.41, 5.74) is 1.62. The van der Waals surface area contributed by atoms with Crippen molar-refractivity contribution in [2.24, 2.45) is 5.92 Å². The number of thiophene rings is 1. The van der Waals surface area contributed by atoms with Crippen molar-refractivity contribution < 1.29 is 14.3 Å². The van der Waals surface area contributed by atoms with Crippen LogP contribution in [0.2, 0.25) is 0 Å². The van der Waals surface area contributed by atoms with Crippen LogP contribution in [0, 0.1) is 5.92 Å². The number of carbonyl (C=O) groups excluding carboxylic acids is 1. The summed E-state index contributed by atoms with van der Waals surface area (Å²) >= 11 is 2.87. The fourth-order valence-corrected chi connectivity index (χ4v) is 6.48. The number of rotatable bonds is 8. The van der Waals surface area contributed by atoms with Gasteiger partial charge >= 0.3 is 0 Å². The number of nitrogens with zero attached hydrogens (tertiary/aromatic N) is 2. The molecule has 0 saturated carbocycles. The molecule has 4 rings (SSSR count). The lowest BCUT2D eigenvalue weighted by Crippen LogP contribution is -2.27. The number of thioether (sulfide) groups is 1. The molecule has 9 heteroatoms. The molecule has 2 aromatic heterocycles.